The van der Waals surface area contributed by atoms with Gasteiger partial charge in [-0.3, -0.25) is 0 Å². The molecule has 4 rings (SSSR count). The highest BCUT2D eigenvalue weighted by atomic mass is 79.9. The van der Waals surface area contributed by atoms with E-state index in [1.54, 1.807) is 48.5 Å². The summed E-state index contributed by atoms with van der Waals surface area (Å²) in [7, 11) is 1.97. The highest BCUT2D eigenvalue weighted by Gasteiger charge is 2.16. The molecular weight excluding hydrogens is 560 g/mol. The molecule has 0 atom stereocenters. The van der Waals surface area contributed by atoms with Crippen LogP contribution in [0, 0.1) is 20.8 Å². The number of imidazole rings is 1. The van der Waals surface area contributed by atoms with Crippen LogP contribution in [0.2, 0.25) is 0 Å². The number of ether oxygens (including phenoxy) is 3. The highest BCUT2D eigenvalue weighted by molar-refractivity contribution is 5.92. The molecule has 1 aromatic heterocycles. The lowest BCUT2D eigenvalue weighted by Crippen LogP contribution is -3.00. The summed E-state index contributed by atoms with van der Waals surface area (Å²) in [5.74, 6) is 0.593. The quantitative estimate of drug-likeness (QED) is 0.178. The van der Waals surface area contributed by atoms with Crippen molar-refractivity contribution in [2.75, 3.05) is 6.61 Å². The van der Waals surface area contributed by atoms with Crippen LogP contribution < -0.4 is 35.8 Å². The van der Waals surface area contributed by atoms with Crippen molar-refractivity contribution in [1.29, 1.82) is 0 Å². The van der Waals surface area contributed by atoms with E-state index in [2.05, 4.69) is 0 Å². The molecule has 206 valence electrons. The number of esters is 2. The van der Waals surface area contributed by atoms with Gasteiger partial charge in [-0.05, 0) is 80.4 Å². The summed E-state index contributed by atoms with van der Waals surface area (Å²) < 4.78 is 21.0. The average Bonchev–Trinajstić information content (AvgIpc) is 3.35. The average molecular weight is 596 g/mol. The van der Waals surface area contributed by atoms with Crippen molar-refractivity contribution >= 4 is 11.9 Å². The Labute approximate surface area is 240 Å². The number of carbonyl (C=O) groups is 2. The van der Waals surface area contributed by atoms with E-state index in [1.807, 2.05) is 81.7 Å². The smallest absolute Gasteiger partial charge is 0.343 e. The fourth-order valence-electron chi connectivity index (χ4n) is 3.59. The van der Waals surface area contributed by atoms with Crippen LogP contribution in [-0.4, -0.2) is 23.1 Å². The minimum atomic E-state index is -0.478. The number of aromatic nitrogens is 2. The Morgan fingerprint density at radius 2 is 1.26 bits per heavy atom. The van der Waals surface area contributed by atoms with Gasteiger partial charge in [0.2, 0.25) is 6.33 Å². The van der Waals surface area contributed by atoms with Crippen molar-refractivity contribution < 1.29 is 45.3 Å². The van der Waals surface area contributed by atoms with E-state index in [4.69, 9.17) is 14.2 Å². The van der Waals surface area contributed by atoms with Gasteiger partial charge in [0, 0.05) is 0 Å². The third kappa shape index (κ3) is 8.55. The van der Waals surface area contributed by atoms with Crippen LogP contribution in [-0.2, 0) is 13.6 Å². The van der Waals surface area contributed by atoms with E-state index >= 15 is 0 Å². The maximum atomic E-state index is 12.7. The molecule has 0 fully saturated rings. The van der Waals surface area contributed by atoms with E-state index in [0.717, 1.165) is 23.2 Å². The summed E-state index contributed by atoms with van der Waals surface area (Å²) in [5, 5.41) is 0. The second-order valence-corrected chi connectivity index (χ2v) is 8.65. The van der Waals surface area contributed by atoms with E-state index in [9.17, 15) is 9.59 Å². The van der Waals surface area contributed by atoms with Crippen LogP contribution in [0.1, 0.15) is 51.3 Å². The number of aryl methyl sites for hydroxylation is 2. The zero-order valence-corrected chi connectivity index (χ0v) is 24.8. The molecule has 7 nitrogen and oxygen atoms in total. The monoisotopic (exact) mass is 594 g/mol. The zero-order valence-electron chi connectivity index (χ0n) is 23.2. The SMILES string of the molecule is CC.Cc1ccc(C(=O)Oc2ccc(OC(=O)c3ccc(OCCn4cc[n+](C)c4)cc3)c(C)c2C)cc1.[Br-]. The molecule has 0 aliphatic heterocycles. The standard InChI is InChI=1S/C29H29N2O5.C2H6.BrH/c1-20-5-7-23(8-6-20)28(32)35-26-13-14-27(22(3)21(26)2)36-29(33)24-9-11-25(12-10-24)34-18-17-31-16-15-30(4)19-31;1-2;/h5-16,19H,17-18H2,1-4H3;1-2H3;1H/q+1;;/p-1. The summed E-state index contributed by atoms with van der Waals surface area (Å²) in [6.45, 7) is 10.8. The van der Waals surface area contributed by atoms with E-state index in [-0.39, 0.29) is 17.0 Å². The van der Waals surface area contributed by atoms with E-state index in [1.165, 1.54) is 0 Å². The Bertz CT molecular complexity index is 1380. The number of rotatable bonds is 8. The Morgan fingerprint density at radius 3 is 1.72 bits per heavy atom. The van der Waals surface area contributed by atoms with Crippen molar-refractivity contribution in [3.63, 3.8) is 0 Å². The van der Waals surface area contributed by atoms with Crippen molar-refractivity contribution in [1.82, 2.24) is 4.57 Å². The van der Waals surface area contributed by atoms with Crippen LogP contribution in [0.5, 0.6) is 17.2 Å². The maximum absolute atomic E-state index is 12.7. The van der Waals surface area contributed by atoms with Gasteiger partial charge in [0.25, 0.3) is 0 Å². The summed E-state index contributed by atoms with van der Waals surface area (Å²) in [6.07, 6.45) is 5.93. The predicted molar refractivity (Wildman–Crippen MR) is 146 cm³/mol. The fraction of sp³-hybridized carbons (Fsp3) is 0.258. The first-order valence-corrected chi connectivity index (χ1v) is 12.7. The molecule has 0 bridgehead atoms. The van der Waals surface area contributed by atoms with Crippen LogP contribution in [0.15, 0.2) is 79.4 Å². The number of hydrogen-bond donors (Lipinski definition) is 0. The van der Waals surface area contributed by atoms with Gasteiger partial charge in [0.15, 0.2) is 0 Å². The first kappa shape index (κ1) is 31.3. The normalized spacial score (nSPS) is 10.0. The van der Waals surface area contributed by atoms with Crippen molar-refractivity contribution in [2.45, 2.75) is 41.2 Å². The van der Waals surface area contributed by atoms with Gasteiger partial charge in [-0.25, -0.2) is 18.7 Å². The molecule has 8 heteroatoms. The number of carbonyl (C=O) groups excluding carboxylic acids is 2. The molecule has 0 radical (unpaired) electrons. The summed E-state index contributed by atoms with van der Waals surface area (Å²) in [6, 6.07) is 17.3. The summed E-state index contributed by atoms with van der Waals surface area (Å²) in [5.41, 5.74) is 3.39. The lowest BCUT2D eigenvalue weighted by Gasteiger charge is -2.14. The molecule has 1 heterocycles. The van der Waals surface area contributed by atoms with E-state index in [0.29, 0.717) is 35.0 Å². The van der Waals surface area contributed by atoms with Crippen LogP contribution in [0.3, 0.4) is 0 Å². The third-order valence-corrected chi connectivity index (χ3v) is 5.91. The number of benzene rings is 3. The lowest BCUT2D eigenvalue weighted by atomic mass is 10.1. The molecule has 0 saturated carbocycles. The Kier molecular flexibility index (Phi) is 11.9. The van der Waals surface area contributed by atoms with Crippen molar-refractivity contribution in [3.8, 4) is 17.2 Å². The molecule has 0 amide bonds. The topological polar surface area (TPSA) is 70.6 Å². The number of halogens is 1. The Hall–Kier alpha value is -3.91. The van der Waals surface area contributed by atoms with Gasteiger partial charge < -0.3 is 31.2 Å². The van der Waals surface area contributed by atoms with Gasteiger partial charge in [-0.2, -0.15) is 0 Å². The highest BCUT2D eigenvalue weighted by Crippen LogP contribution is 2.30. The lowest BCUT2D eigenvalue weighted by molar-refractivity contribution is -0.671. The molecule has 3 aromatic carbocycles. The van der Waals surface area contributed by atoms with Crippen LogP contribution in [0.25, 0.3) is 0 Å². The van der Waals surface area contributed by atoms with Gasteiger partial charge in [0.1, 0.15) is 42.8 Å². The van der Waals surface area contributed by atoms with Crippen molar-refractivity contribution in [3.05, 3.63) is 107 Å². The summed E-state index contributed by atoms with van der Waals surface area (Å²) >= 11 is 0. The van der Waals surface area contributed by atoms with Crippen LogP contribution in [0.4, 0.5) is 0 Å². The fourth-order valence-corrected chi connectivity index (χ4v) is 3.59. The first-order valence-electron chi connectivity index (χ1n) is 12.7. The molecule has 0 unspecified atom stereocenters. The number of nitrogens with zero attached hydrogens (tertiary/aromatic N) is 2. The minimum absolute atomic E-state index is 0. The predicted octanol–water partition coefficient (Wildman–Crippen LogP) is 2.79. The molecule has 39 heavy (non-hydrogen) atoms. The molecule has 0 saturated heterocycles. The largest absolute Gasteiger partial charge is 1.00 e. The third-order valence-electron chi connectivity index (χ3n) is 5.91. The maximum Gasteiger partial charge on any atom is 0.343 e. The van der Waals surface area contributed by atoms with Gasteiger partial charge in [-0.15, -0.1) is 0 Å². The van der Waals surface area contributed by atoms with Gasteiger partial charge >= 0.3 is 11.9 Å². The summed E-state index contributed by atoms with van der Waals surface area (Å²) in [4.78, 5) is 25.2. The molecule has 0 spiro atoms. The molecule has 0 aliphatic rings. The molecule has 0 aliphatic carbocycles. The van der Waals surface area contributed by atoms with Crippen molar-refractivity contribution in [2.24, 2.45) is 7.05 Å². The molecular formula is C31H35BrN2O5. The minimum Gasteiger partial charge on any atom is -1.00 e. The van der Waals surface area contributed by atoms with Crippen LogP contribution >= 0.6 is 0 Å². The first-order chi connectivity index (χ1) is 18.3. The Balaban J connectivity index is 0.00000174. The second-order valence-electron chi connectivity index (χ2n) is 8.65. The van der Waals surface area contributed by atoms with E-state index < -0.39 is 11.9 Å². The molecule has 4 aromatic rings. The Morgan fingerprint density at radius 1 is 0.769 bits per heavy atom. The van der Waals surface area contributed by atoms with Gasteiger partial charge in [0.05, 0.1) is 18.2 Å². The molecule has 0 N–H and O–H groups in total. The zero-order chi connectivity index (χ0) is 27.7. The second kappa shape index (κ2) is 14.9. The number of hydrogen-bond acceptors (Lipinski definition) is 5. The van der Waals surface area contributed by atoms with Gasteiger partial charge in [-0.1, -0.05) is 31.5 Å².